The predicted molar refractivity (Wildman–Crippen MR) is 73.8 cm³/mol. The van der Waals surface area contributed by atoms with Crippen molar-refractivity contribution in [1.29, 1.82) is 0 Å². The third-order valence-corrected chi connectivity index (χ3v) is 2.99. The summed E-state index contributed by atoms with van der Waals surface area (Å²) in [7, 11) is 0. The van der Waals surface area contributed by atoms with Crippen LogP contribution in [-0.2, 0) is 4.79 Å². The van der Waals surface area contributed by atoms with Crippen molar-refractivity contribution < 1.29 is 19.1 Å². The molecule has 1 unspecified atom stereocenters. The maximum Gasteiger partial charge on any atom is 0.305 e. The molecule has 0 aliphatic heterocycles. The van der Waals surface area contributed by atoms with Crippen LogP contribution in [0.4, 0.5) is 10.1 Å². The summed E-state index contributed by atoms with van der Waals surface area (Å²) >= 11 is 0. The Morgan fingerprint density at radius 1 is 1.40 bits per heavy atom. The van der Waals surface area contributed by atoms with Gasteiger partial charge in [-0.1, -0.05) is 20.8 Å². The average molecular weight is 282 g/mol. The fourth-order valence-corrected chi connectivity index (χ4v) is 1.71. The topological polar surface area (TPSA) is 92.4 Å². The number of nitrogens with two attached hydrogens (primary N) is 1. The second-order valence-electron chi connectivity index (χ2n) is 5.72. The maximum atomic E-state index is 13.2. The first-order chi connectivity index (χ1) is 9.11. The Hall–Kier alpha value is -2.11. The lowest BCUT2D eigenvalue weighted by Gasteiger charge is -2.30. The Morgan fingerprint density at radius 2 is 2.00 bits per heavy atom. The molecule has 0 saturated carbocycles. The molecule has 0 saturated heterocycles. The van der Waals surface area contributed by atoms with E-state index in [2.05, 4.69) is 5.32 Å². The number of rotatable bonds is 4. The first-order valence-electron chi connectivity index (χ1n) is 6.19. The first kappa shape index (κ1) is 15.9. The minimum absolute atomic E-state index is 0.00430. The number of nitrogen functional groups attached to an aromatic ring is 1. The number of carboxylic acid groups (broad SMARTS) is 1. The molecule has 1 aromatic rings. The number of carbonyl (C=O) groups is 2. The van der Waals surface area contributed by atoms with Gasteiger partial charge in [0.15, 0.2) is 0 Å². The third-order valence-electron chi connectivity index (χ3n) is 2.99. The molecule has 6 heteroatoms. The summed E-state index contributed by atoms with van der Waals surface area (Å²) in [5.74, 6) is -2.17. The van der Waals surface area contributed by atoms with Gasteiger partial charge < -0.3 is 16.2 Å². The average Bonchev–Trinajstić information content (AvgIpc) is 2.29. The standard InChI is InChI=1S/C14H19FN2O3/c1-14(2,3)11(7-12(18)19)17-13(20)9-6-8(15)4-5-10(9)16/h4-6,11H,7,16H2,1-3H3,(H,17,20)(H,18,19). The van der Waals surface area contributed by atoms with Crippen LogP contribution in [0.5, 0.6) is 0 Å². The van der Waals surface area contributed by atoms with Crippen molar-refractivity contribution >= 4 is 17.6 Å². The van der Waals surface area contributed by atoms with E-state index in [0.717, 1.165) is 12.1 Å². The third kappa shape index (κ3) is 4.22. The number of nitrogens with one attached hydrogen (secondary N) is 1. The molecule has 0 spiro atoms. The Kier molecular flexibility index (Phi) is 4.70. The molecule has 20 heavy (non-hydrogen) atoms. The van der Waals surface area contributed by atoms with Crippen molar-refractivity contribution in [3.63, 3.8) is 0 Å². The number of benzene rings is 1. The zero-order valence-corrected chi connectivity index (χ0v) is 11.7. The Morgan fingerprint density at radius 3 is 2.50 bits per heavy atom. The Bertz CT molecular complexity index is 524. The van der Waals surface area contributed by atoms with Crippen LogP contribution in [0.1, 0.15) is 37.6 Å². The number of carbonyl (C=O) groups excluding carboxylic acids is 1. The molecule has 0 aliphatic rings. The van der Waals surface area contributed by atoms with E-state index in [9.17, 15) is 14.0 Å². The molecule has 0 aromatic heterocycles. The van der Waals surface area contributed by atoms with E-state index in [1.807, 2.05) is 20.8 Å². The summed E-state index contributed by atoms with van der Waals surface area (Å²) in [6, 6.07) is 2.90. The molecular weight excluding hydrogens is 263 g/mol. The number of hydrogen-bond donors (Lipinski definition) is 3. The van der Waals surface area contributed by atoms with E-state index < -0.39 is 29.2 Å². The fraction of sp³-hybridized carbons (Fsp3) is 0.429. The molecule has 0 fully saturated rings. The number of aliphatic carboxylic acids is 1. The van der Waals surface area contributed by atoms with Gasteiger partial charge in [0.1, 0.15) is 5.82 Å². The molecule has 1 rings (SSSR count). The molecular formula is C14H19FN2O3. The quantitative estimate of drug-likeness (QED) is 0.737. The van der Waals surface area contributed by atoms with Gasteiger partial charge in [-0.2, -0.15) is 0 Å². The zero-order valence-electron chi connectivity index (χ0n) is 11.7. The summed E-state index contributed by atoms with van der Waals surface area (Å²) in [5.41, 5.74) is 5.33. The van der Waals surface area contributed by atoms with Crippen LogP contribution >= 0.6 is 0 Å². The number of carboxylic acids is 1. The van der Waals surface area contributed by atoms with E-state index in [1.54, 1.807) is 0 Å². The number of amides is 1. The van der Waals surface area contributed by atoms with Crippen LogP contribution in [0, 0.1) is 11.2 Å². The normalized spacial score (nSPS) is 12.8. The number of hydrogen-bond acceptors (Lipinski definition) is 3. The van der Waals surface area contributed by atoms with Gasteiger partial charge in [-0.3, -0.25) is 9.59 Å². The van der Waals surface area contributed by atoms with Gasteiger partial charge in [-0.15, -0.1) is 0 Å². The molecule has 5 nitrogen and oxygen atoms in total. The predicted octanol–water partition coefficient (Wildman–Crippen LogP) is 2.03. The molecule has 0 aliphatic carbocycles. The minimum atomic E-state index is -1.02. The van der Waals surface area contributed by atoms with Crippen molar-refractivity contribution in [2.75, 3.05) is 5.73 Å². The monoisotopic (exact) mass is 282 g/mol. The molecule has 1 atom stereocenters. The van der Waals surface area contributed by atoms with Crippen molar-refractivity contribution in [1.82, 2.24) is 5.32 Å². The highest BCUT2D eigenvalue weighted by atomic mass is 19.1. The summed E-state index contributed by atoms with van der Waals surface area (Å²) in [4.78, 5) is 23.0. The van der Waals surface area contributed by atoms with E-state index in [1.165, 1.54) is 6.07 Å². The van der Waals surface area contributed by atoms with Crippen LogP contribution in [0.15, 0.2) is 18.2 Å². The molecule has 4 N–H and O–H groups in total. The highest BCUT2D eigenvalue weighted by Crippen LogP contribution is 2.23. The molecule has 0 heterocycles. The van der Waals surface area contributed by atoms with Crippen LogP contribution in [0.25, 0.3) is 0 Å². The van der Waals surface area contributed by atoms with E-state index in [0.29, 0.717) is 0 Å². The molecule has 1 amide bonds. The van der Waals surface area contributed by atoms with Gasteiger partial charge in [-0.05, 0) is 23.6 Å². The van der Waals surface area contributed by atoms with Gasteiger partial charge >= 0.3 is 5.97 Å². The van der Waals surface area contributed by atoms with Crippen LogP contribution in [-0.4, -0.2) is 23.0 Å². The number of anilines is 1. The number of halogens is 1. The molecule has 0 bridgehead atoms. The molecule has 110 valence electrons. The van der Waals surface area contributed by atoms with Crippen LogP contribution in [0.3, 0.4) is 0 Å². The van der Waals surface area contributed by atoms with Crippen molar-refractivity contribution in [3.05, 3.63) is 29.6 Å². The van der Waals surface area contributed by atoms with Crippen LogP contribution in [0.2, 0.25) is 0 Å². The molecule has 0 radical (unpaired) electrons. The highest BCUT2D eigenvalue weighted by Gasteiger charge is 2.29. The van der Waals surface area contributed by atoms with Gasteiger partial charge in [0, 0.05) is 11.7 Å². The van der Waals surface area contributed by atoms with Gasteiger partial charge in [0.25, 0.3) is 5.91 Å². The van der Waals surface area contributed by atoms with Gasteiger partial charge in [-0.25, -0.2) is 4.39 Å². The minimum Gasteiger partial charge on any atom is -0.481 e. The second-order valence-corrected chi connectivity index (χ2v) is 5.72. The second kappa shape index (κ2) is 5.90. The lowest BCUT2D eigenvalue weighted by Crippen LogP contribution is -2.45. The first-order valence-corrected chi connectivity index (χ1v) is 6.19. The largest absolute Gasteiger partial charge is 0.481 e. The van der Waals surface area contributed by atoms with Crippen molar-refractivity contribution in [2.45, 2.75) is 33.2 Å². The smallest absolute Gasteiger partial charge is 0.305 e. The summed E-state index contributed by atoms with van der Waals surface area (Å²) in [6.45, 7) is 5.45. The summed E-state index contributed by atoms with van der Waals surface area (Å²) in [6.07, 6.45) is -0.218. The summed E-state index contributed by atoms with van der Waals surface area (Å²) < 4.78 is 13.2. The van der Waals surface area contributed by atoms with Gasteiger partial charge in [0.2, 0.25) is 0 Å². The van der Waals surface area contributed by atoms with E-state index in [-0.39, 0.29) is 17.7 Å². The highest BCUT2D eigenvalue weighted by molar-refractivity contribution is 5.99. The fourth-order valence-electron chi connectivity index (χ4n) is 1.71. The van der Waals surface area contributed by atoms with Crippen molar-refractivity contribution in [3.8, 4) is 0 Å². The maximum absolute atomic E-state index is 13.2. The lowest BCUT2D eigenvalue weighted by molar-refractivity contribution is -0.138. The molecule has 1 aromatic carbocycles. The van der Waals surface area contributed by atoms with Crippen molar-refractivity contribution in [2.24, 2.45) is 5.41 Å². The van der Waals surface area contributed by atoms with Gasteiger partial charge in [0.05, 0.1) is 12.0 Å². The van der Waals surface area contributed by atoms with E-state index >= 15 is 0 Å². The lowest BCUT2D eigenvalue weighted by atomic mass is 9.84. The SMILES string of the molecule is CC(C)(C)C(CC(=O)O)NC(=O)c1cc(F)ccc1N. The Labute approximate surface area is 117 Å². The Balaban J connectivity index is 2.96. The summed E-state index contributed by atoms with van der Waals surface area (Å²) in [5, 5.41) is 11.5. The van der Waals surface area contributed by atoms with Crippen LogP contribution < -0.4 is 11.1 Å². The zero-order chi connectivity index (χ0) is 15.5. The van der Waals surface area contributed by atoms with E-state index in [4.69, 9.17) is 10.8 Å².